The number of hydrogen-bond donors (Lipinski definition) is 2. The average Bonchev–Trinajstić information content (AvgIpc) is 3.52. The van der Waals surface area contributed by atoms with Crippen LogP contribution in [-0.4, -0.2) is 53.3 Å². The summed E-state index contributed by atoms with van der Waals surface area (Å²) >= 11 is 0. The number of ketones is 2. The Morgan fingerprint density at radius 1 is 1.17 bits per heavy atom. The van der Waals surface area contributed by atoms with Crippen LogP contribution in [0.15, 0.2) is 60.2 Å². The fourth-order valence-corrected chi connectivity index (χ4v) is 9.84. The number of rotatable bonds is 7. The van der Waals surface area contributed by atoms with Crippen molar-refractivity contribution in [2.24, 2.45) is 28.6 Å². The SMILES string of the molecule is COc1ccc(OCc2cccc(C)c2)c(F)c1[C@H]1O[C@@H]2C[C@H]3[C@@H]4CCC5=CC(=O)C=C[C@]5(C)[C@H]4[C@@H](O)C[C@]3(C)[C@]2(C(=O)CO)O1. The van der Waals surface area contributed by atoms with E-state index in [0.29, 0.717) is 12.8 Å². The van der Waals surface area contributed by atoms with Crippen LogP contribution in [0.4, 0.5) is 4.39 Å². The molecule has 1 saturated heterocycles. The highest BCUT2D eigenvalue weighted by molar-refractivity contribution is 6.01. The van der Waals surface area contributed by atoms with E-state index in [0.717, 1.165) is 23.1 Å². The summed E-state index contributed by atoms with van der Waals surface area (Å²) in [7, 11) is 1.42. The molecule has 0 radical (unpaired) electrons. The predicted octanol–water partition coefficient (Wildman–Crippen LogP) is 5.32. The van der Waals surface area contributed by atoms with E-state index in [1.54, 1.807) is 18.2 Å². The Balaban J connectivity index is 1.23. The summed E-state index contributed by atoms with van der Waals surface area (Å²) in [5.74, 6) is -1.36. The van der Waals surface area contributed by atoms with Crippen LogP contribution in [0.3, 0.4) is 0 Å². The van der Waals surface area contributed by atoms with Gasteiger partial charge in [-0.2, -0.15) is 0 Å². The molecule has 1 heterocycles. The molecule has 0 aromatic heterocycles. The maximum absolute atomic E-state index is 16.3. The van der Waals surface area contributed by atoms with Crippen LogP contribution < -0.4 is 9.47 Å². The molecule has 0 bridgehead atoms. The van der Waals surface area contributed by atoms with Crippen molar-refractivity contribution in [3.05, 3.63) is 82.7 Å². The number of Topliss-reactive ketones (excluding diaryl/α,β-unsaturated/α-hetero) is 1. The summed E-state index contributed by atoms with van der Waals surface area (Å²) in [6, 6.07) is 10.8. The number of methoxy groups -OCH3 is 1. The highest BCUT2D eigenvalue weighted by Gasteiger charge is 2.76. The highest BCUT2D eigenvalue weighted by Crippen LogP contribution is 2.70. The number of carbonyl (C=O) groups excluding carboxylic acids is 2. The fraction of sp³-hybridized carbons (Fsp3) is 0.514. The smallest absolute Gasteiger partial charge is 0.193 e. The normalized spacial score (nSPS) is 37.5. The number of aliphatic hydroxyl groups excluding tert-OH is 2. The highest BCUT2D eigenvalue weighted by atomic mass is 19.1. The Bertz CT molecular complexity index is 1650. The second-order valence-electron chi connectivity index (χ2n) is 14.1. The molecule has 0 spiro atoms. The molecule has 9 heteroatoms. The van der Waals surface area contributed by atoms with Gasteiger partial charge in [-0.1, -0.05) is 55.3 Å². The van der Waals surface area contributed by atoms with Gasteiger partial charge in [0, 0.05) is 16.7 Å². The molecule has 1 aliphatic heterocycles. The molecule has 2 aromatic carbocycles. The van der Waals surface area contributed by atoms with Crippen LogP contribution in [0.2, 0.25) is 0 Å². The molecule has 4 fully saturated rings. The number of carbonyl (C=O) groups is 2. The van der Waals surface area contributed by atoms with Gasteiger partial charge in [-0.3, -0.25) is 9.59 Å². The number of hydrogen-bond acceptors (Lipinski definition) is 8. The van der Waals surface area contributed by atoms with Crippen LogP contribution >= 0.6 is 0 Å². The van der Waals surface area contributed by atoms with Crippen LogP contribution in [0.1, 0.15) is 62.5 Å². The minimum atomic E-state index is -1.62. The van der Waals surface area contributed by atoms with Gasteiger partial charge in [0.1, 0.15) is 19.0 Å². The molecule has 3 saturated carbocycles. The van der Waals surface area contributed by atoms with Gasteiger partial charge >= 0.3 is 0 Å². The molecule has 244 valence electrons. The van der Waals surface area contributed by atoms with Crippen molar-refractivity contribution in [3.63, 3.8) is 0 Å². The minimum Gasteiger partial charge on any atom is -0.496 e. The lowest BCUT2D eigenvalue weighted by molar-refractivity contribution is -0.201. The molecule has 9 atom stereocenters. The van der Waals surface area contributed by atoms with E-state index in [1.165, 1.54) is 13.2 Å². The first-order valence-electron chi connectivity index (χ1n) is 16.1. The molecule has 7 rings (SSSR count). The van der Waals surface area contributed by atoms with Crippen LogP contribution in [0, 0.1) is 41.3 Å². The van der Waals surface area contributed by atoms with Crippen molar-refractivity contribution < 1.29 is 43.1 Å². The van der Waals surface area contributed by atoms with Gasteiger partial charge < -0.3 is 29.2 Å². The van der Waals surface area contributed by atoms with E-state index in [-0.39, 0.29) is 53.6 Å². The number of halogens is 1. The number of fused-ring (bicyclic) bond motifs is 7. The standard InChI is InChI=1S/C37H41FO8/c1-20-6-5-7-21(14-20)19-44-28-11-10-27(43-4)31(33(28)38)34-45-30-16-25-24-9-8-22-15-23(40)12-13-35(22,2)32(24)26(41)17-36(25,3)37(30,46-34)29(42)18-39/h5-7,10-15,24-26,30,32,34,39,41H,8-9,16-19H2,1-4H3/t24-,25-,26-,30+,32+,34-,35-,36-,37+/m0/s1. The Morgan fingerprint density at radius 3 is 2.70 bits per heavy atom. The second-order valence-corrected chi connectivity index (χ2v) is 14.1. The van der Waals surface area contributed by atoms with Gasteiger partial charge in [-0.15, -0.1) is 0 Å². The molecule has 46 heavy (non-hydrogen) atoms. The molecule has 0 amide bonds. The van der Waals surface area contributed by atoms with Crippen molar-refractivity contribution in [1.29, 1.82) is 0 Å². The van der Waals surface area contributed by atoms with Crippen molar-refractivity contribution in [2.45, 2.75) is 77.2 Å². The van der Waals surface area contributed by atoms with E-state index in [1.807, 2.05) is 44.2 Å². The van der Waals surface area contributed by atoms with Gasteiger partial charge in [0.05, 0.1) is 24.9 Å². The summed E-state index contributed by atoms with van der Waals surface area (Å²) in [5.41, 5.74) is -0.0581. The predicted molar refractivity (Wildman–Crippen MR) is 165 cm³/mol. The molecule has 0 unspecified atom stereocenters. The van der Waals surface area contributed by atoms with Crippen molar-refractivity contribution in [1.82, 2.24) is 0 Å². The summed E-state index contributed by atoms with van der Waals surface area (Å²) in [6.07, 6.45) is 4.44. The number of allylic oxidation sites excluding steroid dienone is 4. The quantitative estimate of drug-likeness (QED) is 0.422. The zero-order valence-electron chi connectivity index (χ0n) is 26.6. The summed E-state index contributed by atoms with van der Waals surface area (Å²) < 4.78 is 40.8. The second kappa shape index (κ2) is 11.1. The largest absolute Gasteiger partial charge is 0.496 e. The van der Waals surface area contributed by atoms with Crippen molar-refractivity contribution in [2.75, 3.05) is 13.7 Å². The van der Waals surface area contributed by atoms with Gasteiger partial charge in [0.25, 0.3) is 0 Å². The van der Waals surface area contributed by atoms with E-state index >= 15 is 4.39 Å². The molecule has 4 aliphatic carbocycles. The maximum atomic E-state index is 16.3. The van der Waals surface area contributed by atoms with Gasteiger partial charge in [-0.05, 0) is 74.3 Å². The van der Waals surface area contributed by atoms with Gasteiger partial charge in [0.2, 0.25) is 0 Å². The van der Waals surface area contributed by atoms with E-state index in [2.05, 4.69) is 6.92 Å². The monoisotopic (exact) mass is 632 g/mol. The Morgan fingerprint density at radius 2 is 1.96 bits per heavy atom. The zero-order chi connectivity index (χ0) is 32.6. The number of ether oxygens (including phenoxy) is 4. The number of aryl methyl sites for hydroxylation is 1. The minimum absolute atomic E-state index is 0.0116. The van der Waals surface area contributed by atoms with Gasteiger partial charge in [0.15, 0.2) is 35.0 Å². The molecular weight excluding hydrogens is 591 g/mol. The Labute approximate surface area is 268 Å². The lowest BCUT2D eigenvalue weighted by Crippen LogP contribution is -2.63. The first-order valence-corrected chi connectivity index (χ1v) is 16.1. The number of aliphatic hydroxyl groups is 2. The third-order valence-corrected chi connectivity index (χ3v) is 11.8. The molecule has 5 aliphatic rings. The van der Waals surface area contributed by atoms with Gasteiger partial charge in [-0.25, -0.2) is 4.39 Å². The van der Waals surface area contributed by atoms with Crippen molar-refractivity contribution >= 4 is 11.6 Å². The molecule has 8 nitrogen and oxygen atoms in total. The van der Waals surface area contributed by atoms with Crippen LogP contribution in [0.5, 0.6) is 11.5 Å². The van der Waals surface area contributed by atoms with Crippen molar-refractivity contribution in [3.8, 4) is 11.5 Å². The molecule has 2 N–H and O–H groups in total. The lowest BCUT2D eigenvalue weighted by Gasteiger charge is -2.59. The van der Waals surface area contributed by atoms with Crippen LogP contribution in [-0.2, 0) is 25.7 Å². The fourth-order valence-electron chi connectivity index (χ4n) is 9.84. The Kier molecular flexibility index (Phi) is 7.55. The third-order valence-electron chi connectivity index (χ3n) is 11.8. The average molecular weight is 633 g/mol. The summed E-state index contributed by atoms with van der Waals surface area (Å²) in [5, 5.41) is 22.2. The topological polar surface area (TPSA) is 112 Å². The summed E-state index contributed by atoms with van der Waals surface area (Å²) in [6.45, 7) is 5.36. The van der Waals surface area contributed by atoms with Crippen LogP contribution in [0.25, 0.3) is 0 Å². The maximum Gasteiger partial charge on any atom is 0.193 e. The third kappa shape index (κ3) is 4.39. The first-order chi connectivity index (χ1) is 22.0. The first kappa shape index (κ1) is 31.2. The molecular formula is C37H41FO8. The van der Waals surface area contributed by atoms with E-state index in [9.17, 15) is 19.8 Å². The molecule has 2 aromatic rings. The van der Waals surface area contributed by atoms with E-state index < -0.39 is 53.1 Å². The summed E-state index contributed by atoms with van der Waals surface area (Å²) in [4.78, 5) is 26.1. The lowest BCUT2D eigenvalue weighted by atomic mass is 9.46. The van der Waals surface area contributed by atoms with E-state index in [4.69, 9.17) is 18.9 Å². The number of benzene rings is 2. The Hall–Kier alpha value is -3.37. The zero-order valence-corrected chi connectivity index (χ0v) is 26.6.